The average molecular weight is 331 g/mol. The van der Waals surface area contributed by atoms with Crippen molar-refractivity contribution in [1.82, 2.24) is 0 Å². The highest BCUT2D eigenvalue weighted by Gasteiger charge is 2.78. The van der Waals surface area contributed by atoms with Gasteiger partial charge in [-0.2, -0.15) is 0 Å². The van der Waals surface area contributed by atoms with Crippen LogP contribution in [-0.2, 0) is 5.41 Å². The average Bonchev–Trinajstić information content (AvgIpc) is 2.90. The van der Waals surface area contributed by atoms with Crippen molar-refractivity contribution in [3.05, 3.63) is 59.2 Å². The quantitative estimate of drug-likeness (QED) is 0.592. The molecule has 6 rings (SSSR count). The number of aryl methyl sites for hydroxylation is 1. The summed E-state index contributed by atoms with van der Waals surface area (Å²) in [5.41, 5.74) is 6.41. The van der Waals surface area contributed by atoms with Crippen LogP contribution >= 0.6 is 0 Å². The smallest absolute Gasteiger partial charge is 0.00359 e. The number of rotatable bonds is 2. The third-order valence-corrected chi connectivity index (χ3v) is 9.32. The monoisotopic (exact) mass is 330 g/mol. The van der Waals surface area contributed by atoms with Gasteiger partial charge < -0.3 is 0 Å². The van der Waals surface area contributed by atoms with E-state index in [-0.39, 0.29) is 0 Å². The van der Waals surface area contributed by atoms with Gasteiger partial charge in [-0.25, -0.2) is 0 Å². The molecule has 1 aromatic rings. The molecule has 0 aliphatic heterocycles. The van der Waals surface area contributed by atoms with E-state index in [1.165, 1.54) is 49.7 Å². The van der Waals surface area contributed by atoms with E-state index in [0.29, 0.717) is 16.2 Å². The van der Waals surface area contributed by atoms with Crippen molar-refractivity contribution >= 4 is 0 Å². The van der Waals surface area contributed by atoms with Crippen LogP contribution in [0.4, 0.5) is 0 Å². The van der Waals surface area contributed by atoms with Crippen molar-refractivity contribution < 1.29 is 0 Å². The van der Waals surface area contributed by atoms with Crippen molar-refractivity contribution in [2.45, 2.75) is 64.2 Å². The van der Waals surface area contributed by atoms with E-state index in [1.807, 2.05) is 0 Å². The molecule has 0 heteroatoms. The number of hydrogen-bond acceptors (Lipinski definition) is 0. The number of benzene rings is 1. The molecule has 0 amide bonds. The van der Waals surface area contributed by atoms with Crippen molar-refractivity contribution in [2.24, 2.45) is 28.6 Å². The Balaban J connectivity index is 1.40. The minimum absolute atomic E-state index is 0.518. The molecule has 4 fully saturated rings. The lowest BCUT2D eigenvalue weighted by atomic mass is 9.42. The Bertz CT molecular complexity index is 792. The van der Waals surface area contributed by atoms with Gasteiger partial charge in [-0.1, -0.05) is 53.6 Å². The zero-order valence-corrected chi connectivity index (χ0v) is 15.7. The largest absolute Gasteiger partial charge is 0.0810 e. The second kappa shape index (κ2) is 4.51. The van der Waals surface area contributed by atoms with E-state index in [1.54, 1.807) is 12.0 Å². The summed E-state index contributed by atoms with van der Waals surface area (Å²) in [5.74, 6) is 2.83. The zero-order valence-electron chi connectivity index (χ0n) is 15.7. The maximum Gasteiger partial charge on any atom is -0.00359 e. The van der Waals surface area contributed by atoms with Crippen LogP contribution in [-0.4, -0.2) is 0 Å². The fourth-order valence-electron chi connectivity index (χ4n) is 8.59. The Labute approximate surface area is 152 Å². The van der Waals surface area contributed by atoms with Gasteiger partial charge in [0.25, 0.3) is 0 Å². The number of fused-ring (bicyclic) bond motifs is 2. The second-order valence-electron chi connectivity index (χ2n) is 10.4. The molecule has 1 spiro atoms. The SMILES string of the molecule is CC1=CCC(C23CC4CC5(c6ccc(C)cc6)CC(C2)C3(C4)C5)C=C1. The normalized spacial score (nSPS) is 49.0. The molecular weight excluding hydrogens is 300 g/mol. The van der Waals surface area contributed by atoms with Crippen molar-refractivity contribution in [3.8, 4) is 0 Å². The van der Waals surface area contributed by atoms with E-state index in [9.17, 15) is 0 Å². The first-order chi connectivity index (χ1) is 12.1. The summed E-state index contributed by atoms with van der Waals surface area (Å²) in [6.45, 7) is 4.48. The van der Waals surface area contributed by atoms with Gasteiger partial charge in [0.2, 0.25) is 0 Å². The molecule has 0 aromatic heterocycles. The molecule has 6 unspecified atom stereocenters. The van der Waals surface area contributed by atoms with E-state index in [2.05, 4.69) is 56.3 Å². The van der Waals surface area contributed by atoms with Crippen LogP contribution < -0.4 is 0 Å². The molecule has 3 bridgehead atoms. The molecular formula is C25H30. The summed E-state index contributed by atoms with van der Waals surface area (Å²) in [4.78, 5) is 0. The van der Waals surface area contributed by atoms with Crippen LogP contribution in [0.25, 0.3) is 0 Å². The van der Waals surface area contributed by atoms with Gasteiger partial charge >= 0.3 is 0 Å². The molecule has 130 valence electrons. The predicted octanol–water partition coefficient (Wildman–Crippen LogP) is 6.36. The number of allylic oxidation sites excluding steroid dienone is 4. The van der Waals surface area contributed by atoms with Crippen molar-refractivity contribution in [3.63, 3.8) is 0 Å². The van der Waals surface area contributed by atoms with Gasteiger partial charge in [0.05, 0.1) is 0 Å². The summed E-state index contributed by atoms with van der Waals surface area (Å²) < 4.78 is 0. The van der Waals surface area contributed by atoms with E-state index >= 15 is 0 Å². The van der Waals surface area contributed by atoms with E-state index in [0.717, 1.165) is 17.8 Å². The number of hydrogen-bond donors (Lipinski definition) is 0. The van der Waals surface area contributed by atoms with Gasteiger partial charge in [-0.3, -0.25) is 0 Å². The Morgan fingerprint density at radius 1 is 0.880 bits per heavy atom. The lowest BCUT2D eigenvalue weighted by molar-refractivity contribution is -0.128. The van der Waals surface area contributed by atoms with Gasteiger partial charge in [0.1, 0.15) is 0 Å². The molecule has 5 aliphatic rings. The summed E-state index contributed by atoms with van der Waals surface area (Å²) in [6, 6.07) is 9.64. The van der Waals surface area contributed by atoms with Crippen LogP contribution in [0.3, 0.4) is 0 Å². The van der Waals surface area contributed by atoms with Crippen LogP contribution in [0.2, 0.25) is 0 Å². The first kappa shape index (κ1) is 14.8. The van der Waals surface area contributed by atoms with Gasteiger partial charge in [-0.15, -0.1) is 0 Å². The maximum atomic E-state index is 2.60. The van der Waals surface area contributed by atoms with Crippen LogP contribution in [0.5, 0.6) is 0 Å². The highest BCUT2D eigenvalue weighted by atomic mass is 14.8. The molecule has 1 aromatic carbocycles. The van der Waals surface area contributed by atoms with Crippen LogP contribution in [0, 0.1) is 35.5 Å². The minimum atomic E-state index is 0.518. The first-order valence-electron chi connectivity index (χ1n) is 10.5. The minimum Gasteiger partial charge on any atom is -0.0810 e. The first-order valence-corrected chi connectivity index (χ1v) is 10.5. The van der Waals surface area contributed by atoms with Crippen molar-refractivity contribution in [2.75, 3.05) is 0 Å². The molecule has 0 radical (unpaired) electrons. The summed E-state index contributed by atoms with van der Waals surface area (Å²) in [5, 5.41) is 0. The lowest BCUT2D eigenvalue weighted by Gasteiger charge is -2.62. The molecule has 0 nitrogen and oxygen atoms in total. The highest BCUT2D eigenvalue weighted by Crippen LogP contribution is 2.86. The van der Waals surface area contributed by atoms with Gasteiger partial charge in [0, 0.05) is 0 Å². The summed E-state index contributed by atoms with van der Waals surface area (Å²) in [6.07, 6.45) is 17.9. The fourth-order valence-corrected chi connectivity index (χ4v) is 8.59. The molecule has 5 aliphatic carbocycles. The third-order valence-electron chi connectivity index (χ3n) is 9.32. The highest BCUT2D eigenvalue weighted by molar-refractivity contribution is 5.40. The maximum absolute atomic E-state index is 2.60. The molecule has 4 saturated carbocycles. The summed E-state index contributed by atoms with van der Waals surface area (Å²) >= 11 is 0. The van der Waals surface area contributed by atoms with Crippen LogP contribution in [0.15, 0.2) is 48.1 Å². The van der Waals surface area contributed by atoms with E-state index < -0.39 is 0 Å². The fraction of sp³-hybridized carbons (Fsp3) is 0.600. The van der Waals surface area contributed by atoms with Crippen LogP contribution in [0.1, 0.15) is 63.0 Å². The third kappa shape index (κ3) is 1.65. The van der Waals surface area contributed by atoms with Crippen molar-refractivity contribution in [1.29, 1.82) is 0 Å². The molecule has 25 heavy (non-hydrogen) atoms. The summed E-state index contributed by atoms with van der Waals surface area (Å²) in [7, 11) is 0. The standard InChI is InChI=1S/C25H30/c1-17-3-7-20(8-4-17)23-11-19-12-24(21-9-5-18(2)6-10-21)15-22(14-23)25(24,13-19)16-23/h3-9,19,21-22H,10-16H2,1-2H3. The molecule has 6 atom stereocenters. The van der Waals surface area contributed by atoms with E-state index in [4.69, 9.17) is 0 Å². The Kier molecular flexibility index (Phi) is 2.67. The predicted molar refractivity (Wildman–Crippen MR) is 103 cm³/mol. The topological polar surface area (TPSA) is 0 Å². The Morgan fingerprint density at radius 3 is 2.44 bits per heavy atom. The lowest BCUT2D eigenvalue weighted by Crippen LogP contribution is -2.56. The Hall–Kier alpha value is -1.30. The molecule has 0 N–H and O–H groups in total. The Morgan fingerprint density at radius 2 is 1.68 bits per heavy atom. The second-order valence-corrected chi connectivity index (χ2v) is 10.4. The molecule has 0 saturated heterocycles. The molecule has 0 heterocycles. The van der Waals surface area contributed by atoms with Gasteiger partial charge in [-0.05, 0) is 98.4 Å². The zero-order chi connectivity index (χ0) is 16.9. The van der Waals surface area contributed by atoms with Gasteiger partial charge in [0.15, 0.2) is 0 Å².